The number of aromatic nitrogens is 1. The molecule has 6 nitrogen and oxygen atoms in total. The summed E-state index contributed by atoms with van der Waals surface area (Å²) in [7, 11) is 3.75. The van der Waals surface area contributed by atoms with Crippen molar-refractivity contribution in [1.29, 1.82) is 0 Å². The molecule has 1 aliphatic rings. The summed E-state index contributed by atoms with van der Waals surface area (Å²) in [5.74, 6) is 0.599. The van der Waals surface area contributed by atoms with Gasteiger partial charge in [-0.25, -0.2) is 4.79 Å². The van der Waals surface area contributed by atoms with Crippen molar-refractivity contribution in [2.45, 2.75) is 59.0 Å². The lowest BCUT2D eigenvalue weighted by Gasteiger charge is -2.33. The molecule has 1 aromatic carbocycles. The average Bonchev–Trinajstić information content (AvgIpc) is 3.43. The van der Waals surface area contributed by atoms with E-state index in [9.17, 15) is 4.79 Å². The van der Waals surface area contributed by atoms with Crippen molar-refractivity contribution in [2.24, 2.45) is 5.92 Å². The van der Waals surface area contributed by atoms with Crippen LogP contribution >= 0.6 is 11.3 Å². The zero-order valence-electron chi connectivity index (χ0n) is 20.7. The Morgan fingerprint density at radius 1 is 1.24 bits per heavy atom. The predicted molar refractivity (Wildman–Crippen MR) is 136 cm³/mol. The number of carbonyl (C=O) groups is 1. The number of rotatable bonds is 4. The van der Waals surface area contributed by atoms with Gasteiger partial charge in [-0.1, -0.05) is 17.3 Å². The number of nitrogens with one attached hydrogen (secondary N) is 1. The third kappa shape index (κ3) is 6.58. The highest BCUT2D eigenvalue weighted by Gasteiger charge is 2.27. The SMILES string of the molecule is CNC.Cc1c(-c2cccs2)ccc2c(CCC3CCN(C(=O)OC(C)(C)C)CC3)noc12. The fourth-order valence-electron chi connectivity index (χ4n) is 4.14. The molecule has 0 aliphatic carbocycles. The number of thiophene rings is 1. The van der Waals surface area contributed by atoms with Crippen molar-refractivity contribution in [3.63, 3.8) is 0 Å². The van der Waals surface area contributed by atoms with Crippen LogP contribution < -0.4 is 5.32 Å². The zero-order valence-corrected chi connectivity index (χ0v) is 21.6. The Morgan fingerprint density at radius 3 is 2.55 bits per heavy atom. The number of piperidine rings is 1. The number of hydrogen-bond acceptors (Lipinski definition) is 6. The van der Waals surface area contributed by atoms with E-state index in [1.165, 1.54) is 10.4 Å². The maximum absolute atomic E-state index is 12.2. The van der Waals surface area contributed by atoms with Crippen molar-refractivity contribution in [1.82, 2.24) is 15.4 Å². The fraction of sp³-hybridized carbons (Fsp3) is 0.538. The van der Waals surface area contributed by atoms with Crippen LogP contribution in [0.4, 0.5) is 4.79 Å². The Balaban J connectivity index is 0.000000968. The molecule has 1 amide bonds. The highest BCUT2D eigenvalue weighted by atomic mass is 32.1. The molecular formula is C26H37N3O3S. The smallest absolute Gasteiger partial charge is 0.410 e. The lowest BCUT2D eigenvalue weighted by molar-refractivity contribution is 0.0181. The minimum Gasteiger partial charge on any atom is -0.444 e. The van der Waals surface area contributed by atoms with Gasteiger partial charge in [0.1, 0.15) is 5.60 Å². The topological polar surface area (TPSA) is 67.6 Å². The van der Waals surface area contributed by atoms with Crippen LogP contribution in [0, 0.1) is 12.8 Å². The molecule has 0 radical (unpaired) electrons. The van der Waals surface area contributed by atoms with E-state index in [4.69, 9.17) is 9.26 Å². The predicted octanol–water partition coefficient (Wildman–Crippen LogP) is 6.28. The fourth-order valence-corrected chi connectivity index (χ4v) is 4.95. The first-order chi connectivity index (χ1) is 15.7. The zero-order chi connectivity index (χ0) is 24.0. The summed E-state index contributed by atoms with van der Waals surface area (Å²) in [4.78, 5) is 15.3. The van der Waals surface area contributed by atoms with Crippen LogP contribution in [0.25, 0.3) is 21.4 Å². The molecule has 1 fully saturated rings. The van der Waals surface area contributed by atoms with E-state index in [0.717, 1.165) is 61.0 Å². The summed E-state index contributed by atoms with van der Waals surface area (Å²) in [5, 5.41) is 10.4. The second-order valence-electron chi connectivity index (χ2n) is 9.67. The van der Waals surface area contributed by atoms with Crippen LogP contribution in [0.2, 0.25) is 0 Å². The number of amides is 1. The molecule has 0 spiro atoms. The van der Waals surface area contributed by atoms with E-state index in [0.29, 0.717) is 5.92 Å². The molecule has 33 heavy (non-hydrogen) atoms. The van der Waals surface area contributed by atoms with Gasteiger partial charge < -0.3 is 19.5 Å². The van der Waals surface area contributed by atoms with Crippen LogP contribution in [-0.2, 0) is 11.2 Å². The van der Waals surface area contributed by atoms with E-state index >= 15 is 0 Å². The number of aryl methyl sites for hydroxylation is 2. The molecule has 0 atom stereocenters. The second kappa shape index (κ2) is 11.2. The summed E-state index contributed by atoms with van der Waals surface area (Å²) in [6.07, 6.45) is 3.80. The standard InChI is InChI=1S/C24H30N2O3S.C2H7N/c1-16-18(21-6-5-15-30-21)8-9-19-20(25-29-22(16)19)10-7-17-11-13-26(14-12-17)23(27)28-24(2,3)4;1-3-2/h5-6,8-9,15,17H,7,10-14H2,1-4H3;3H,1-2H3. The molecule has 180 valence electrons. The Hall–Kier alpha value is -2.38. The molecule has 0 unspecified atom stereocenters. The van der Waals surface area contributed by atoms with E-state index in [1.807, 2.05) is 39.8 Å². The summed E-state index contributed by atoms with van der Waals surface area (Å²) in [6.45, 7) is 9.37. The van der Waals surface area contributed by atoms with Gasteiger partial charge in [-0.3, -0.25) is 0 Å². The Labute approximate surface area is 201 Å². The van der Waals surface area contributed by atoms with Crippen LogP contribution in [0.15, 0.2) is 34.2 Å². The summed E-state index contributed by atoms with van der Waals surface area (Å²) in [5.41, 5.74) is 3.87. The number of likely N-dealkylation sites (tertiary alicyclic amines) is 1. The lowest BCUT2D eigenvalue weighted by atomic mass is 9.91. The second-order valence-corrected chi connectivity index (χ2v) is 10.6. The van der Waals surface area contributed by atoms with Crippen molar-refractivity contribution >= 4 is 28.4 Å². The molecule has 2 aromatic heterocycles. The first kappa shape index (κ1) is 25.2. The molecule has 7 heteroatoms. The minimum absolute atomic E-state index is 0.194. The van der Waals surface area contributed by atoms with E-state index in [2.05, 4.69) is 47.0 Å². The number of benzene rings is 1. The number of nitrogens with zero attached hydrogens (tertiary/aromatic N) is 2. The molecule has 1 N–H and O–H groups in total. The molecule has 1 aliphatic heterocycles. The maximum atomic E-state index is 12.2. The molecule has 1 saturated heterocycles. The van der Waals surface area contributed by atoms with Gasteiger partial charge in [0.25, 0.3) is 0 Å². The van der Waals surface area contributed by atoms with Crippen molar-refractivity contribution < 1.29 is 14.1 Å². The Kier molecular flexibility index (Phi) is 8.54. The van der Waals surface area contributed by atoms with Gasteiger partial charge in [0, 0.05) is 28.9 Å². The highest BCUT2D eigenvalue weighted by molar-refractivity contribution is 7.13. The van der Waals surface area contributed by atoms with Crippen LogP contribution in [0.5, 0.6) is 0 Å². The quantitative estimate of drug-likeness (QED) is 0.485. The van der Waals surface area contributed by atoms with Crippen LogP contribution in [0.1, 0.15) is 51.3 Å². The van der Waals surface area contributed by atoms with Crippen LogP contribution in [0.3, 0.4) is 0 Å². The highest BCUT2D eigenvalue weighted by Crippen LogP contribution is 2.34. The largest absolute Gasteiger partial charge is 0.444 e. The molecule has 4 rings (SSSR count). The number of hydrogen-bond donors (Lipinski definition) is 1. The van der Waals surface area contributed by atoms with Crippen molar-refractivity contribution in [3.05, 3.63) is 40.9 Å². The summed E-state index contributed by atoms with van der Waals surface area (Å²) in [6, 6.07) is 8.54. The minimum atomic E-state index is -0.441. The van der Waals surface area contributed by atoms with Gasteiger partial charge in [-0.2, -0.15) is 0 Å². The monoisotopic (exact) mass is 471 g/mol. The summed E-state index contributed by atoms with van der Waals surface area (Å²) >= 11 is 1.74. The normalized spacial score (nSPS) is 14.8. The van der Waals surface area contributed by atoms with Crippen LogP contribution in [-0.4, -0.2) is 48.9 Å². The van der Waals surface area contributed by atoms with Gasteiger partial charge >= 0.3 is 6.09 Å². The number of carbonyl (C=O) groups excluding carboxylic acids is 1. The number of fused-ring (bicyclic) bond motifs is 1. The Bertz CT molecular complexity index is 1030. The third-order valence-electron chi connectivity index (χ3n) is 5.81. The first-order valence-electron chi connectivity index (χ1n) is 11.7. The molecule has 0 saturated carbocycles. The average molecular weight is 472 g/mol. The van der Waals surface area contributed by atoms with Gasteiger partial charge in [0.05, 0.1) is 5.69 Å². The van der Waals surface area contributed by atoms with Crippen molar-refractivity contribution in [2.75, 3.05) is 27.2 Å². The maximum Gasteiger partial charge on any atom is 0.410 e. The summed E-state index contributed by atoms with van der Waals surface area (Å²) < 4.78 is 11.2. The molecular weight excluding hydrogens is 434 g/mol. The van der Waals surface area contributed by atoms with Gasteiger partial charge in [-0.05, 0) is 96.5 Å². The van der Waals surface area contributed by atoms with Gasteiger partial charge in [0.15, 0.2) is 5.58 Å². The lowest BCUT2D eigenvalue weighted by Crippen LogP contribution is -2.41. The first-order valence-corrected chi connectivity index (χ1v) is 12.6. The van der Waals surface area contributed by atoms with E-state index in [1.54, 1.807) is 11.3 Å². The molecule has 0 bridgehead atoms. The van der Waals surface area contributed by atoms with Crippen molar-refractivity contribution in [3.8, 4) is 10.4 Å². The van der Waals surface area contributed by atoms with E-state index < -0.39 is 5.60 Å². The molecule has 3 aromatic rings. The van der Waals surface area contributed by atoms with Gasteiger partial charge in [-0.15, -0.1) is 11.3 Å². The third-order valence-corrected chi connectivity index (χ3v) is 6.71. The van der Waals surface area contributed by atoms with E-state index in [-0.39, 0.29) is 6.09 Å². The van der Waals surface area contributed by atoms with Gasteiger partial charge in [0.2, 0.25) is 0 Å². The number of ether oxygens (including phenoxy) is 1. The molecule has 3 heterocycles. The Morgan fingerprint density at radius 2 is 1.94 bits per heavy atom.